The summed E-state index contributed by atoms with van der Waals surface area (Å²) in [6.07, 6.45) is 1.33. The summed E-state index contributed by atoms with van der Waals surface area (Å²) >= 11 is 0. The minimum absolute atomic E-state index is 0.234. The Morgan fingerprint density at radius 1 is 1.32 bits per heavy atom. The molecule has 7 heteroatoms. The lowest BCUT2D eigenvalue weighted by Crippen LogP contribution is -2.38. The number of halogens is 2. The number of carbonyl (C=O) groups is 1. The summed E-state index contributed by atoms with van der Waals surface area (Å²) in [5.74, 6) is -1.77. The molecule has 0 saturated carbocycles. The van der Waals surface area contributed by atoms with Gasteiger partial charge >= 0.3 is 0 Å². The van der Waals surface area contributed by atoms with Crippen molar-refractivity contribution in [3.05, 3.63) is 47.3 Å². The van der Waals surface area contributed by atoms with Gasteiger partial charge in [-0.2, -0.15) is 0 Å². The molecule has 0 aliphatic carbocycles. The number of rotatable bonds is 3. The van der Waals surface area contributed by atoms with E-state index in [1.54, 1.807) is 7.05 Å². The van der Waals surface area contributed by atoms with Crippen molar-refractivity contribution < 1.29 is 13.6 Å². The van der Waals surface area contributed by atoms with Crippen molar-refractivity contribution in [3.63, 3.8) is 0 Å². The zero-order valence-electron chi connectivity index (χ0n) is 12.9. The molecule has 0 aliphatic rings. The maximum atomic E-state index is 14.1. The molecule has 0 radical (unpaired) electrons. The van der Waals surface area contributed by atoms with Crippen LogP contribution in [0.15, 0.2) is 24.4 Å². The molecule has 1 amide bonds. The second-order valence-corrected chi connectivity index (χ2v) is 6.18. The molecule has 5 nitrogen and oxygen atoms in total. The molecule has 2 aromatic rings. The lowest BCUT2D eigenvalue weighted by atomic mass is 9.82. The van der Waals surface area contributed by atoms with E-state index in [-0.39, 0.29) is 11.3 Å². The first-order valence-electron chi connectivity index (χ1n) is 6.80. The molecule has 1 N–H and O–H groups in total. The maximum Gasteiger partial charge on any atom is 0.271 e. The Bertz CT molecular complexity index is 691. The third kappa shape index (κ3) is 3.29. The second-order valence-electron chi connectivity index (χ2n) is 6.18. The van der Waals surface area contributed by atoms with Crippen LogP contribution < -0.4 is 5.32 Å². The molecule has 0 bridgehead atoms. The van der Waals surface area contributed by atoms with Gasteiger partial charge in [-0.15, -0.1) is 5.10 Å². The predicted octanol–water partition coefficient (Wildman–Crippen LogP) is 2.61. The number of benzene rings is 1. The summed E-state index contributed by atoms with van der Waals surface area (Å²) in [7, 11) is 1.59. The fraction of sp³-hybridized carbons (Fsp3) is 0.400. The summed E-state index contributed by atoms with van der Waals surface area (Å²) in [6, 6.07) is 2.71. The van der Waals surface area contributed by atoms with Crippen LogP contribution in [0.1, 0.15) is 42.9 Å². The van der Waals surface area contributed by atoms with Crippen LogP contribution in [0.4, 0.5) is 8.78 Å². The first-order valence-corrected chi connectivity index (χ1v) is 6.80. The van der Waals surface area contributed by atoms with Crippen molar-refractivity contribution in [2.75, 3.05) is 0 Å². The lowest BCUT2D eigenvalue weighted by molar-refractivity contribution is 0.0890. The number of aryl methyl sites for hydroxylation is 1. The Morgan fingerprint density at radius 2 is 2.00 bits per heavy atom. The van der Waals surface area contributed by atoms with Crippen LogP contribution in [-0.4, -0.2) is 20.9 Å². The SMILES string of the molecule is Cn1nncc1C(=O)NC(c1ccc(F)cc1F)C(C)(C)C. The van der Waals surface area contributed by atoms with Crippen molar-refractivity contribution in [1.29, 1.82) is 0 Å². The van der Waals surface area contributed by atoms with Crippen molar-refractivity contribution in [1.82, 2.24) is 20.3 Å². The number of nitrogens with zero attached hydrogens (tertiary/aromatic N) is 3. The number of hydrogen-bond donors (Lipinski definition) is 1. The molecule has 0 saturated heterocycles. The molecule has 0 fully saturated rings. The van der Waals surface area contributed by atoms with Crippen LogP contribution in [-0.2, 0) is 7.05 Å². The summed E-state index contributed by atoms with van der Waals surface area (Å²) in [5, 5.41) is 10.1. The van der Waals surface area contributed by atoms with E-state index in [1.165, 1.54) is 23.0 Å². The summed E-state index contributed by atoms with van der Waals surface area (Å²) in [4.78, 5) is 12.3. The summed E-state index contributed by atoms with van der Waals surface area (Å²) in [5.41, 5.74) is 0.0227. The van der Waals surface area contributed by atoms with Gasteiger partial charge in [-0.05, 0) is 11.5 Å². The molecule has 1 atom stereocenters. The van der Waals surface area contributed by atoms with Crippen molar-refractivity contribution in [3.8, 4) is 0 Å². The zero-order valence-corrected chi connectivity index (χ0v) is 12.9. The lowest BCUT2D eigenvalue weighted by Gasteiger charge is -2.32. The molecular weight excluding hydrogens is 290 g/mol. The predicted molar refractivity (Wildman–Crippen MR) is 77.0 cm³/mol. The van der Waals surface area contributed by atoms with E-state index in [2.05, 4.69) is 15.6 Å². The highest BCUT2D eigenvalue weighted by Crippen LogP contribution is 2.34. The molecule has 1 unspecified atom stereocenters. The van der Waals surface area contributed by atoms with E-state index < -0.39 is 29.0 Å². The highest BCUT2D eigenvalue weighted by Gasteiger charge is 2.31. The molecule has 118 valence electrons. The van der Waals surface area contributed by atoms with Crippen LogP contribution >= 0.6 is 0 Å². The zero-order chi connectivity index (χ0) is 16.5. The van der Waals surface area contributed by atoms with Crippen LogP contribution in [0.25, 0.3) is 0 Å². The fourth-order valence-electron chi connectivity index (χ4n) is 2.20. The second kappa shape index (κ2) is 5.82. The van der Waals surface area contributed by atoms with Crippen molar-refractivity contribution >= 4 is 5.91 Å². The Balaban J connectivity index is 2.36. The fourth-order valence-corrected chi connectivity index (χ4v) is 2.20. The van der Waals surface area contributed by atoms with Gasteiger partial charge in [-0.25, -0.2) is 13.5 Å². The van der Waals surface area contributed by atoms with Crippen LogP contribution in [0.5, 0.6) is 0 Å². The monoisotopic (exact) mass is 308 g/mol. The van der Waals surface area contributed by atoms with Gasteiger partial charge in [-0.1, -0.05) is 32.1 Å². The van der Waals surface area contributed by atoms with Gasteiger partial charge in [0.1, 0.15) is 17.3 Å². The Hall–Kier alpha value is -2.31. The standard InChI is InChI=1S/C15H18F2N4O/c1-15(2,3)13(10-6-5-9(16)7-11(10)17)19-14(22)12-8-18-20-21(12)4/h5-8,13H,1-4H3,(H,19,22). The molecular formula is C15H18F2N4O. The largest absolute Gasteiger partial charge is 0.343 e. The van der Waals surface area contributed by atoms with Crippen molar-refractivity contribution in [2.24, 2.45) is 12.5 Å². The van der Waals surface area contributed by atoms with E-state index in [0.29, 0.717) is 0 Å². The molecule has 1 aromatic heterocycles. The van der Waals surface area contributed by atoms with Gasteiger partial charge in [-0.3, -0.25) is 4.79 Å². The highest BCUT2D eigenvalue weighted by atomic mass is 19.1. The minimum Gasteiger partial charge on any atom is -0.343 e. The molecule has 1 heterocycles. The van der Waals surface area contributed by atoms with Gasteiger partial charge in [0.15, 0.2) is 0 Å². The molecule has 1 aromatic carbocycles. The van der Waals surface area contributed by atoms with Crippen molar-refractivity contribution in [2.45, 2.75) is 26.8 Å². The number of aromatic nitrogens is 3. The normalized spacial score (nSPS) is 13.0. The Morgan fingerprint density at radius 3 is 2.50 bits per heavy atom. The van der Waals surface area contributed by atoms with Crippen LogP contribution in [0, 0.1) is 17.0 Å². The number of hydrogen-bond acceptors (Lipinski definition) is 3. The van der Waals surface area contributed by atoms with Crippen LogP contribution in [0.3, 0.4) is 0 Å². The molecule has 0 spiro atoms. The Labute approximate surface area is 127 Å². The minimum atomic E-state index is -0.691. The van der Waals surface area contributed by atoms with Gasteiger partial charge in [0.05, 0.1) is 12.2 Å². The number of amides is 1. The Kier molecular flexibility index (Phi) is 4.25. The van der Waals surface area contributed by atoms with Gasteiger partial charge in [0.2, 0.25) is 0 Å². The molecule has 0 aliphatic heterocycles. The van der Waals surface area contributed by atoms with Gasteiger partial charge < -0.3 is 5.32 Å². The first-order chi connectivity index (χ1) is 10.2. The van der Waals surface area contributed by atoms with Gasteiger partial charge in [0, 0.05) is 18.7 Å². The van der Waals surface area contributed by atoms with Crippen LogP contribution in [0.2, 0.25) is 0 Å². The van der Waals surface area contributed by atoms with E-state index in [9.17, 15) is 13.6 Å². The highest BCUT2D eigenvalue weighted by molar-refractivity contribution is 5.92. The van der Waals surface area contributed by atoms with E-state index >= 15 is 0 Å². The number of carbonyl (C=O) groups excluding carboxylic acids is 1. The third-order valence-electron chi connectivity index (χ3n) is 3.36. The van der Waals surface area contributed by atoms with E-state index in [1.807, 2.05) is 20.8 Å². The molecule has 22 heavy (non-hydrogen) atoms. The molecule has 2 rings (SSSR count). The smallest absolute Gasteiger partial charge is 0.271 e. The average molecular weight is 308 g/mol. The van der Waals surface area contributed by atoms with E-state index in [0.717, 1.165) is 6.07 Å². The first kappa shape index (κ1) is 16.1. The van der Waals surface area contributed by atoms with Gasteiger partial charge in [0.25, 0.3) is 5.91 Å². The summed E-state index contributed by atoms with van der Waals surface area (Å²) < 4.78 is 28.5. The van der Waals surface area contributed by atoms with E-state index in [4.69, 9.17) is 0 Å². The maximum absolute atomic E-state index is 14.1. The third-order valence-corrected chi connectivity index (χ3v) is 3.36. The number of nitrogens with one attached hydrogen (secondary N) is 1. The topological polar surface area (TPSA) is 59.8 Å². The quantitative estimate of drug-likeness (QED) is 0.948. The average Bonchev–Trinajstić information content (AvgIpc) is 2.81. The summed E-state index contributed by atoms with van der Waals surface area (Å²) in [6.45, 7) is 5.59.